The lowest BCUT2D eigenvalue weighted by Crippen LogP contribution is -2.17. The molecule has 1 unspecified atom stereocenters. The molecule has 3 nitrogen and oxygen atoms in total. The molecule has 1 heterocycles. The first-order valence-electron chi connectivity index (χ1n) is 5.58. The number of halogens is 1. The van der Waals surface area contributed by atoms with Crippen molar-refractivity contribution in [2.75, 3.05) is 6.54 Å². The molecule has 2 aromatic rings. The van der Waals surface area contributed by atoms with Crippen LogP contribution < -0.4 is 5.73 Å². The smallest absolute Gasteiger partial charge is 0.0596 e. The van der Waals surface area contributed by atoms with Crippen molar-refractivity contribution in [3.8, 4) is 0 Å². The molecule has 0 amide bonds. The van der Waals surface area contributed by atoms with Crippen LogP contribution in [0.15, 0.2) is 34.8 Å². The van der Waals surface area contributed by atoms with E-state index in [2.05, 4.69) is 39.2 Å². The van der Waals surface area contributed by atoms with Gasteiger partial charge in [-0.15, -0.1) is 0 Å². The maximum atomic E-state index is 5.91. The third-order valence-corrected chi connectivity index (χ3v) is 3.38. The molecule has 0 radical (unpaired) electrons. The van der Waals surface area contributed by atoms with E-state index < -0.39 is 0 Å². The molecule has 0 fully saturated rings. The minimum absolute atomic E-state index is 0.193. The van der Waals surface area contributed by atoms with Crippen molar-refractivity contribution in [3.05, 3.63) is 51.8 Å². The summed E-state index contributed by atoms with van der Waals surface area (Å²) in [6.07, 6.45) is 0. The average Bonchev–Trinajstić information content (AvgIpc) is 2.59. The Bertz CT molecular complexity index is 519. The van der Waals surface area contributed by atoms with Gasteiger partial charge in [0, 0.05) is 29.7 Å². The lowest BCUT2D eigenvalue weighted by atomic mass is 9.95. The molecule has 0 bridgehead atoms. The van der Waals surface area contributed by atoms with Gasteiger partial charge in [-0.3, -0.25) is 4.68 Å². The number of benzene rings is 1. The molecule has 2 rings (SSSR count). The predicted molar refractivity (Wildman–Crippen MR) is 73.0 cm³/mol. The number of aromatic nitrogens is 2. The SMILES string of the molecule is Cc1cc(C(CN)c2cccc(Br)c2)n(C)n1. The molecular formula is C13H16BrN3. The maximum absolute atomic E-state index is 5.91. The zero-order chi connectivity index (χ0) is 12.4. The highest BCUT2D eigenvalue weighted by atomic mass is 79.9. The number of aryl methyl sites for hydroxylation is 2. The second-order valence-corrected chi connectivity index (χ2v) is 5.09. The van der Waals surface area contributed by atoms with Gasteiger partial charge in [-0.05, 0) is 30.7 Å². The molecule has 90 valence electrons. The summed E-state index contributed by atoms with van der Waals surface area (Å²) in [5.41, 5.74) is 9.30. The Morgan fingerprint density at radius 1 is 1.41 bits per heavy atom. The zero-order valence-corrected chi connectivity index (χ0v) is 11.6. The van der Waals surface area contributed by atoms with Crippen LogP contribution in [0.3, 0.4) is 0 Å². The molecule has 2 N–H and O–H groups in total. The molecule has 0 saturated heterocycles. The summed E-state index contributed by atoms with van der Waals surface area (Å²) in [4.78, 5) is 0. The second-order valence-electron chi connectivity index (χ2n) is 4.18. The first-order chi connectivity index (χ1) is 8.11. The fourth-order valence-electron chi connectivity index (χ4n) is 2.11. The summed E-state index contributed by atoms with van der Waals surface area (Å²) in [5, 5.41) is 4.38. The van der Waals surface area contributed by atoms with E-state index in [1.807, 2.05) is 30.8 Å². The van der Waals surface area contributed by atoms with Crippen molar-refractivity contribution >= 4 is 15.9 Å². The molecule has 1 aromatic carbocycles. The summed E-state index contributed by atoms with van der Waals surface area (Å²) in [5.74, 6) is 0.193. The van der Waals surface area contributed by atoms with E-state index in [4.69, 9.17) is 5.73 Å². The van der Waals surface area contributed by atoms with E-state index in [0.29, 0.717) is 6.54 Å². The maximum Gasteiger partial charge on any atom is 0.0596 e. The summed E-state index contributed by atoms with van der Waals surface area (Å²) in [7, 11) is 1.96. The Kier molecular flexibility index (Phi) is 3.64. The largest absolute Gasteiger partial charge is 0.329 e. The Labute approximate surface area is 110 Å². The summed E-state index contributed by atoms with van der Waals surface area (Å²) in [6, 6.07) is 10.4. The Morgan fingerprint density at radius 3 is 2.71 bits per heavy atom. The molecular weight excluding hydrogens is 278 g/mol. The van der Waals surface area contributed by atoms with E-state index in [-0.39, 0.29) is 5.92 Å². The van der Waals surface area contributed by atoms with Crippen molar-refractivity contribution < 1.29 is 0 Å². The van der Waals surface area contributed by atoms with Gasteiger partial charge in [0.05, 0.1) is 5.69 Å². The topological polar surface area (TPSA) is 43.8 Å². The molecule has 4 heteroatoms. The van der Waals surface area contributed by atoms with Crippen LogP contribution in [0.4, 0.5) is 0 Å². The third-order valence-electron chi connectivity index (χ3n) is 2.88. The van der Waals surface area contributed by atoms with E-state index >= 15 is 0 Å². The quantitative estimate of drug-likeness (QED) is 0.945. The van der Waals surface area contributed by atoms with Crippen molar-refractivity contribution in [2.24, 2.45) is 12.8 Å². The second kappa shape index (κ2) is 5.02. The lowest BCUT2D eigenvalue weighted by Gasteiger charge is -2.15. The van der Waals surface area contributed by atoms with Crippen LogP contribution in [-0.4, -0.2) is 16.3 Å². The van der Waals surface area contributed by atoms with Gasteiger partial charge in [-0.25, -0.2) is 0 Å². The lowest BCUT2D eigenvalue weighted by molar-refractivity contribution is 0.660. The highest BCUT2D eigenvalue weighted by molar-refractivity contribution is 9.10. The van der Waals surface area contributed by atoms with Crippen LogP contribution in [0, 0.1) is 6.92 Å². The minimum Gasteiger partial charge on any atom is -0.329 e. The van der Waals surface area contributed by atoms with E-state index in [1.165, 1.54) is 5.56 Å². The number of rotatable bonds is 3. The van der Waals surface area contributed by atoms with Crippen molar-refractivity contribution in [1.29, 1.82) is 0 Å². The first-order valence-corrected chi connectivity index (χ1v) is 6.37. The highest BCUT2D eigenvalue weighted by Gasteiger charge is 2.16. The van der Waals surface area contributed by atoms with Gasteiger partial charge in [-0.2, -0.15) is 5.10 Å². The van der Waals surface area contributed by atoms with Crippen LogP contribution in [0.1, 0.15) is 22.9 Å². The molecule has 1 aromatic heterocycles. The van der Waals surface area contributed by atoms with Gasteiger partial charge in [0.25, 0.3) is 0 Å². The summed E-state index contributed by atoms with van der Waals surface area (Å²) in [6.45, 7) is 2.58. The van der Waals surface area contributed by atoms with Crippen molar-refractivity contribution in [3.63, 3.8) is 0 Å². The van der Waals surface area contributed by atoms with Crippen LogP contribution in [0.5, 0.6) is 0 Å². The van der Waals surface area contributed by atoms with Crippen LogP contribution >= 0.6 is 15.9 Å². The molecule has 1 atom stereocenters. The molecule has 0 aliphatic heterocycles. The van der Waals surface area contributed by atoms with Crippen LogP contribution in [0.2, 0.25) is 0 Å². The Hall–Kier alpha value is -1.13. The van der Waals surface area contributed by atoms with E-state index in [9.17, 15) is 0 Å². The summed E-state index contributed by atoms with van der Waals surface area (Å²) >= 11 is 3.49. The molecule has 17 heavy (non-hydrogen) atoms. The molecule has 0 saturated carbocycles. The molecule has 0 aliphatic rings. The van der Waals surface area contributed by atoms with Gasteiger partial charge in [0.15, 0.2) is 0 Å². The third kappa shape index (κ3) is 2.58. The number of nitrogens with two attached hydrogens (primary N) is 1. The first kappa shape index (κ1) is 12.3. The zero-order valence-electron chi connectivity index (χ0n) is 10.0. The van der Waals surface area contributed by atoms with Crippen molar-refractivity contribution in [1.82, 2.24) is 9.78 Å². The van der Waals surface area contributed by atoms with E-state index in [0.717, 1.165) is 15.9 Å². The Balaban J connectivity index is 2.43. The molecule has 0 spiro atoms. The van der Waals surface area contributed by atoms with Gasteiger partial charge in [0.1, 0.15) is 0 Å². The average molecular weight is 294 g/mol. The fraction of sp³-hybridized carbons (Fsp3) is 0.308. The van der Waals surface area contributed by atoms with Gasteiger partial charge >= 0.3 is 0 Å². The van der Waals surface area contributed by atoms with Gasteiger partial charge in [-0.1, -0.05) is 28.1 Å². The molecule has 0 aliphatic carbocycles. The number of nitrogens with zero attached hydrogens (tertiary/aromatic N) is 2. The normalized spacial score (nSPS) is 12.7. The Morgan fingerprint density at radius 2 is 2.18 bits per heavy atom. The number of hydrogen-bond donors (Lipinski definition) is 1. The number of hydrogen-bond acceptors (Lipinski definition) is 2. The minimum atomic E-state index is 0.193. The fourth-order valence-corrected chi connectivity index (χ4v) is 2.52. The van der Waals surface area contributed by atoms with Crippen molar-refractivity contribution in [2.45, 2.75) is 12.8 Å². The van der Waals surface area contributed by atoms with E-state index in [1.54, 1.807) is 0 Å². The van der Waals surface area contributed by atoms with Gasteiger partial charge < -0.3 is 5.73 Å². The monoisotopic (exact) mass is 293 g/mol. The summed E-state index contributed by atoms with van der Waals surface area (Å²) < 4.78 is 2.99. The van der Waals surface area contributed by atoms with Crippen LogP contribution in [-0.2, 0) is 7.05 Å². The standard InChI is InChI=1S/C13H16BrN3/c1-9-6-13(17(2)16-9)12(8-15)10-4-3-5-11(14)7-10/h3-7,12H,8,15H2,1-2H3. The van der Waals surface area contributed by atoms with Gasteiger partial charge in [0.2, 0.25) is 0 Å². The predicted octanol–water partition coefficient (Wildman–Crippen LogP) is 2.58. The van der Waals surface area contributed by atoms with Crippen LogP contribution in [0.25, 0.3) is 0 Å². The highest BCUT2D eigenvalue weighted by Crippen LogP contribution is 2.26.